The highest BCUT2D eigenvalue weighted by Crippen LogP contribution is 2.40. The quantitative estimate of drug-likeness (QED) is 0.124. The fourth-order valence-electron chi connectivity index (χ4n) is 5.26. The zero-order valence-corrected chi connectivity index (χ0v) is 32.0. The molecule has 0 aliphatic heterocycles. The van der Waals surface area contributed by atoms with E-state index in [2.05, 4.69) is 14.5 Å². The van der Waals surface area contributed by atoms with Gasteiger partial charge in [0.25, 0.3) is 10.0 Å². The Balaban J connectivity index is 1.34. The number of rotatable bonds is 11. The summed E-state index contributed by atoms with van der Waals surface area (Å²) in [6, 6.07) is 15.3. The summed E-state index contributed by atoms with van der Waals surface area (Å²) in [5, 5.41) is 4.68. The van der Waals surface area contributed by atoms with Crippen LogP contribution < -0.4 is 23.4 Å². The molecule has 282 valence electrons. The standard InChI is InChI=1S/C36H32ClF2N5O8S2/c1-36(2,3)51-35(45)43(4)33-25-13-20(8-11-29(25)52-42-33)24-14-22(37)9-12-28(24)50-31-16-27(39)32(17-26(31)38)54(46,47)44(34-40-19-41-53-34)18-21-7-10-23(48-5)15-30(21)49-6/h7-17,19H,18H2,1-6H3. The Bertz CT molecular complexity index is 2460. The lowest BCUT2D eigenvalue weighted by atomic mass is 10.0. The van der Waals surface area contributed by atoms with Gasteiger partial charge in [0, 0.05) is 52.9 Å². The monoisotopic (exact) mass is 799 g/mol. The van der Waals surface area contributed by atoms with E-state index in [9.17, 15) is 13.2 Å². The minimum absolute atomic E-state index is 0.0493. The molecule has 1 amide bonds. The lowest BCUT2D eigenvalue weighted by Gasteiger charge is -2.23. The molecule has 13 nitrogen and oxygen atoms in total. The number of sulfonamides is 1. The number of benzene rings is 4. The van der Waals surface area contributed by atoms with Gasteiger partial charge in [0.15, 0.2) is 23.0 Å². The molecule has 0 aliphatic rings. The number of anilines is 2. The van der Waals surface area contributed by atoms with Crippen LogP contribution in [-0.4, -0.2) is 55.9 Å². The predicted octanol–water partition coefficient (Wildman–Crippen LogP) is 8.85. The lowest BCUT2D eigenvalue weighted by molar-refractivity contribution is 0.0587. The maximum Gasteiger partial charge on any atom is 0.415 e. The van der Waals surface area contributed by atoms with Gasteiger partial charge in [0.1, 0.15) is 39.9 Å². The Kier molecular flexibility index (Phi) is 10.7. The predicted molar refractivity (Wildman–Crippen MR) is 198 cm³/mol. The van der Waals surface area contributed by atoms with Crippen molar-refractivity contribution >= 4 is 61.2 Å². The third kappa shape index (κ3) is 7.88. The van der Waals surface area contributed by atoms with Crippen molar-refractivity contribution in [2.75, 3.05) is 30.5 Å². The van der Waals surface area contributed by atoms with E-state index in [0.717, 1.165) is 22.2 Å². The summed E-state index contributed by atoms with van der Waals surface area (Å²) in [6.07, 6.45) is 0.483. The van der Waals surface area contributed by atoms with Gasteiger partial charge in [-0.2, -0.15) is 4.37 Å². The van der Waals surface area contributed by atoms with E-state index >= 15 is 8.78 Å². The van der Waals surface area contributed by atoms with Crippen LogP contribution >= 0.6 is 23.1 Å². The van der Waals surface area contributed by atoms with Crippen LogP contribution in [0.5, 0.6) is 23.0 Å². The summed E-state index contributed by atoms with van der Waals surface area (Å²) in [4.78, 5) is 17.0. The van der Waals surface area contributed by atoms with Gasteiger partial charge in [0.05, 0.1) is 26.2 Å². The Hall–Kier alpha value is -5.52. The van der Waals surface area contributed by atoms with E-state index in [1.54, 1.807) is 63.2 Å². The zero-order chi connectivity index (χ0) is 38.9. The molecule has 0 atom stereocenters. The highest BCUT2D eigenvalue weighted by atomic mass is 35.5. The summed E-state index contributed by atoms with van der Waals surface area (Å²) in [7, 11) is -0.443. The molecule has 0 fully saturated rings. The summed E-state index contributed by atoms with van der Waals surface area (Å²) in [5.41, 5.74) is 0.824. The van der Waals surface area contributed by atoms with Crippen molar-refractivity contribution in [2.45, 2.75) is 37.8 Å². The molecule has 0 bridgehead atoms. The minimum atomic E-state index is -4.79. The van der Waals surface area contributed by atoms with Crippen LogP contribution in [0, 0.1) is 11.6 Å². The molecular weight excluding hydrogens is 768 g/mol. The third-order valence-electron chi connectivity index (χ3n) is 7.83. The SMILES string of the molecule is COc1ccc(CN(c2ncns2)S(=O)(=O)c2cc(F)c(Oc3ccc(Cl)cc3-c3ccc4onc(N(C)C(=O)OC(C)(C)C)c4c3)cc2F)c(OC)c1. The van der Waals surface area contributed by atoms with Crippen molar-refractivity contribution in [3.05, 3.63) is 95.3 Å². The van der Waals surface area contributed by atoms with Gasteiger partial charge >= 0.3 is 6.09 Å². The number of hydrogen-bond acceptors (Lipinski definition) is 12. The van der Waals surface area contributed by atoms with Crippen LogP contribution in [-0.2, 0) is 21.3 Å². The van der Waals surface area contributed by atoms with Gasteiger partial charge in [-0.25, -0.2) is 31.3 Å². The third-order valence-corrected chi connectivity index (χ3v) is 10.6. The Morgan fingerprint density at radius 1 is 0.944 bits per heavy atom. The normalized spacial score (nSPS) is 11.7. The van der Waals surface area contributed by atoms with Crippen molar-refractivity contribution in [3.63, 3.8) is 0 Å². The summed E-state index contributed by atoms with van der Waals surface area (Å²) in [5.74, 6) is -2.10. The van der Waals surface area contributed by atoms with E-state index in [-0.39, 0.29) is 23.2 Å². The second kappa shape index (κ2) is 15.1. The number of halogens is 3. The van der Waals surface area contributed by atoms with E-state index in [4.69, 9.17) is 35.1 Å². The molecular formula is C36H32ClF2N5O8S2. The Morgan fingerprint density at radius 2 is 1.72 bits per heavy atom. The van der Waals surface area contributed by atoms with Crippen LogP contribution in [0.25, 0.3) is 22.1 Å². The number of fused-ring (bicyclic) bond motifs is 1. The van der Waals surface area contributed by atoms with Gasteiger partial charge in [-0.15, -0.1) is 0 Å². The van der Waals surface area contributed by atoms with Gasteiger partial charge in [-0.05, 0) is 68.8 Å². The van der Waals surface area contributed by atoms with Crippen LogP contribution in [0.4, 0.5) is 24.5 Å². The number of nitrogens with zero attached hydrogens (tertiary/aromatic N) is 5. The van der Waals surface area contributed by atoms with Gasteiger partial charge in [0.2, 0.25) is 5.13 Å². The summed E-state index contributed by atoms with van der Waals surface area (Å²) < 4.78 is 92.0. The summed E-state index contributed by atoms with van der Waals surface area (Å²) >= 11 is 7.11. The molecule has 0 unspecified atom stereocenters. The topological polar surface area (TPSA) is 146 Å². The average Bonchev–Trinajstić information content (AvgIpc) is 3.82. The van der Waals surface area contributed by atoms with Crippen molar-refractivity contribution in [1.82, 2.24) is 14.5 Å². The molecule has 6 rings (SSSR count). The number of methoxy groups -OCH3 is 2. The first kappa shape index (κ1) is 38.2. The smallest absolute Gasteiger partial charge is 0.415 e. The molecule has 4 aromatic carbocycles. The molecule has 54 heavy (non-hydrogen) atoms. The average molecular weight is 800 g/mol. The van der Waals surface area contributed by atoms with Crippen molar-refractivity contribution in [3.8, 4) is 34.1 Å². The van der Waals surface area contributed by atoms with Crippen molar-refractivity contribution in [1.29, 1.82) is 0 Å². The molecule has 2 heterocycles. The summed E-state index contributed by atoms with van der Waals surface area (Å²) in [6.45, 7) is 4.84. The van der Waals surface area contributed by atoms with E-state index in [1.807, 2.05) is 0 Å². The molecule has 0 radical (unpaired) electrons. The van der Waals surface area contributed by atoms with E-state index < -0.39 is 44.0 Å². The molecule has 0 saturated carbocycles. The molecule has 0 aliphatic carbocycles. The van der Waals surface area contributed by atoms with Crippen molar-refractivity contribution < 1.29 is 45.5 Å². The number of hydrogen-bond donors (Lipinski definition) is 0. The maximum absolute atomic E-state index is 15.9. The maximum atomic E-state index is 15.9. The number of amides is 1. The highest BCUT2D eigenvalue weighted by Gasteiger charge is 2.33. The van der Waals surface area contributed by atoms with Gasteiger partial charge in [-0.1, -0.05) is 22.8 Å². The lowest BCUT2D eigenvalue weighted by Crippen LogP contribution is -2.34. The molecule has 0 saturated heterocycles. The first-order valence-corrected chi connectivity index (χ1v) is 18.5. The van der Waals surface area contributed by atoms with Crippen LogP contribution in [0.3, 0.4) is 0 Å². The first-order chi connectivity index (χ1) is 25.6. The highest BCUT2D eigenvalue weighted by molar-refractivity contribution is 7.93. The second-order valence-electron chi connectivity index (χ2n) is 12.6. The fraction of sp³-hybridized carbons (Fsp3) is 0.222. The Labute approximate surface area is 317 Å². The van der Waals surface area contributed by atoms with Gasteiger partial charge < -0.3 is 23.5 Å². The number of aromatic nitrogens is 3. The first-order valence-electron chi connectivity index (χ1n) is 15.9. The zero-order valence-electron chi connectivity index (χ0n) is 29.6. The van der Waals surface area contributed by atoms with Crippen LogP contribution in [0.1, 0.15) is 26.3 Å². The largest absolute Gasteiger partial charge is 0.497 e. The molecule has 0 N–H and O–H groups in total. The fourth-order valence-corrected chi connectivity index (χ4v) is 7.62. The number of carbonyl (C=O) groups excluding carboxylic acids is 1. The number of ether oxygens (including phenoxy) is 4. The van der Waals surface area contributed by atoms with Crippen LogP contribution in [0.15, 0.2) is 82.5 Å². The number of carbonyl (C=O) groups is 1. The Morgan fingerprint density at radius 3 is 2.41 bits per heavy atom. The van der Waals surface area contributed by atoms with Crippen LogP contribution in [0.2, 0.25) is 5.02 Å². The molecule has 6 aromatic rings. The van der Waals surface area contributed by atoms with E-state index in [1.165, 1.54) is 38.3 Å². The van der Waals surface area contributed by atoms with Gasteiger partial charge in [-0.3, -0.25) is 4.90 Å². The van der Waals surface area contributed by atoms with E-state index in [0.29, 0.717) is 56.3 Å². The minimum Gasteiger partial charge on any atom is -0.497 e. The molecule has 0 spiro atoms. The second-order valence-corrected chi connectivity index (χ2v) is 15.7. The molecule has 2 aromatic heterocycles. The van der Waals surface area contributed by atoms with Crippen molar-refractivity contribution in [2.24, 2.45) is 0 Å². The molecule has 18 heteroatoms.